The molecule has 1 unspecified atom stereocenters. The van der Waals surface area contributed by atoms with Crippen LogP contribution in [0.5, 0.6) is 0 Å². The number of rotatable bonds is 9. The van der Waals surface area contributed by atoms with E-state index in [2.05, 4.69) is 14.5 Å². The largest absolute Gasteiger partial charge is 0.508 e. The van der Waals surface area contributed by atoms with Crippen molar-refractivity contribution in [1.29, 1.82) is 0 Å². The summed E-state index contributed by atoms with van der Waals surface area (Å²) in [6, 6.07) is 0. The van der Waals surface area contributed by atoms with Crippen LogP contribution in [0.25, 0.3) is 0 Å². The van der Waals surface area contributed by atoms with Gasteiger partial charge in [-0.15, -0.1) is 0 Å². The SMILES string of the molecule is COOCCC1OC(=O)C(CCCCC(=O)OC)=C1O. The van der Waals surface area contributed by atoms with Crippen LogP contribution in [0.3, 0.4) is 0 Å². The first kappa shape index (κ1) is 16.5. The predicted molar refractivity (Wildman–Crippen MR) is 67.6 cm³/mol. The van der Waals surface area contributed by atoms with Crippen LogP contribution in [0.15, 0.2) is 11.3 Å². The third-order valence-corrected chi connectivity index (χ3v) is 2.98. The van der Waals surface area contributed by atoms with E-state index in [9.17, 15) is 14.7 Å². The summed E-state index contributed by atoms with van der Waals surface area (Å²) >= 11 is 0. The number of ether oxygens (including phenoxy) is 2. The van der Waals surface area contributed by atoms with Crippen molar-refractivity contribution < 1.29 is 33.9 Å². The summed E-state index contributed by atoms with van der Waals surface area (Å²) in [6.45, 7) is 0.216. The Morgan fingerprint density at radius 2 is 2.10 bits per heavy atom. The second-order valence-electron chi connectivity index (χ2n) is 4.32. The molecule has 0 aromatic heterocycles. The van der Waals surface area contributed by atoms with Crippen LogP contribution in [0.4, 0.5) is 0 Å². The highest BCUT2D eigenvalue weighted by molar-refractivity contribution is 5.91. The van der Waals surface area contributed by atoms with Crippen LogP contribution in [-0.2, 0) is 28.8 Å². The van der Waals surface area contributed by atoms with Gasteiger partial charge in [0.2, 0.25) is 0 Å². The van der Waals surface area contributed by atoms with Gasteiger partial charge in [-0.25, -0.2) is 14.6 Å². The number of aliphatic hydroxyl groups excluding tert-OH is 1. The van der Waals surface area contributed by atoms with Gasteiger partial charge < -0.3 is 14.6 Å². The average Bonchev–Trinajstić information content (AvgIpc) is 2.70. The molecule has 1 aliphatic heterocycles. The second kappa shape index (κ2) is 8.55. The lowest BCUT2D eigenvalue weighted by Gasteiger charge is -2.08. The van der Waals surface area contributed by atoms with E-state index in [1.807, 2.05) is 0 Å². The zero-order valence-corrected chi connectivity index (χ0v) is 11.7. The van der Waals surface area contributed by atoms with Crippen molar-refractivity contribution in [3.63, 3.8) is 0 Å². The molecular weight excluding hydrogens is 268 g/mol. The molecule has 0 amide bonds. The van der Waals surface area contributed by atoms with Crippen molar-refractivity contribution >= 4 is 11.9 Å². The highest BCUT2D eigenvalue weighted by Gasteiger charge is 2.33. The highest BCUT2D eigenvalue weighted by Crippen LogP contribution is 2.26. The number of hydrogen-bond acceptors (Lipinski definition) is 7. The summed E-state index contributed by atoms with van der Waals surface area (Å²) in [4.78, 5) is 31.6. The van der Waals surface area contributed by atoms with Crippen LogP contribution in [-0.4, -0.2) is 44.0 Å². The van der Waals surface area contributed by atoms with Gasteiger partial charge in [-0.3, -0.25) is 4.79 Å². The van der Waals surface area contributed by atoms with E-state index in [1.165, 1.54) is 14.2 Å². The first-order valence-electron chi connectivity index (χ1n) is 6.45. The molecule has 0 saturated heterocycles. The summed E-state index contributed by atoms with van der Waals surface area (Å²) in [5.74, 6) is -0.845. The van der Waals surface area contributed by atoms with E-state index in [-0.39, 0.29) is 23.9 Å². The molecule has 7 nitrogen and oxygen atoms in total. The molecule has 20 heavy (non-hydrogen) atoms. The summed E-state index contributed by atoms with van der Waals surface area (Å²) in [6.07, 6.45) is 1.53. The molecule has 1 N–H and O–H groups in total. The first-order valence-corrected chi connectivity index (χ1v) is 6.45. The number of hydrogen-bond donors (Lipinski definition) is 1. The third-order valence-electron chi connectivity index (χ3n) is 2.98. The number of methoxy groups -OCH3 is 1. The van der Waals surface area contributed by atoms with Gasteiger partial charge >= 0.3 is 11.9 Å². The predicted octanol–water partition coefficient (Wildman–Crippen LogP) is 1.43. The minimum absolute atomic E-state index is 0.0484. The molecule has 0 aliphatic carbocycles. The molecule has 0 radical (unpaired) electrons. The van der Waals surface area contributed by atoms with Crippen LogP contribution in [0.2, 0.25) is 0 Å². The van der Waals surface area contributed by atoms with E-state index in [0.29, 0.717) is 32.1 Å². The van der Waals surface area contributed by atoms with E-state index in [1.54, 1.807) is 0 Å². The molecule has 114 valence electrons. The molecule has 1 aliphatic rings. The number of aliphatic hydroxyl groups is 1. The van der Waals surface area contributed by atoms with Crippen molar-refractivity contribution in [2.75, 3.05) is 20.8 Å². The lowest BCUT2D eigenvalue weighted by Crippen LogP contribution is -2.14. The third kappa shape index (κ3) is 4.82. The Labute approximate surface area is 117 Å². The minimum Gasteiger partial charge on any atom is -0.508 e. The molecule has 0 saturated carbocycles. The minimum atomic E-state index is -0.673. The van der Waals surface area contributed by atoms with Gasteiger partial charge in [-0.2, -0.15) is 0 Å². The lowest BCUT2D eigenvalue weighted by atomic mass is 10.1. The van der Waals surface area contributed by atoms with Gasteiger partial charge in [0.15, 0.2) is 6.10 Å². The van der Waals surface area contributed by atoms with Crippen molar-refractivity contribution in [2.45, 2.75) is 38.2 Å². The maximum absolute atomic E-state index is 11.6. The summed E-state index contributed by atoms with van der Waals surface area (Å²) < 4.78 is 9.56. The van der Waals surface area contributed by atoms with Gasteiger partial charge in [-0.05, 0) is 19.3 Å². The van der Waals surface area contributed by atoms with E-state index in [4.69, 9.17) is 4.74 Å². The zero-order chi connectivity index (χ0) is 15.0. The van der Waals surface area contributed by atoms with Crippen molar-refractivity contribution in [1.82, 2.24) is 0 Å². The number of carbonyl (C=O) groups is 2. The molecule has 7 heteroatoms. The first-order chi connectivity index (χ1) is 9.60. The average molecular weight is 288 g/mol. The molecule has 0 aromatic carbocycles. The van der Waals surface area contributed by atoms with Gasteiger partial charge in [0.1, 0.15) is 5.76 Å². The number of esters is 2. The Balaban J connectivity index is 2.38. The smallest absolute Gasteiger partial charge is 0.338 e. The fourth-order valence-corrected chi connectivity index (χ4v) is 1.89. The normalized spacial score (nSPS) is 18.3. The maximum Gasteiger partial charge on any atom is 0.338 e. The molecule has 0 aromatic rings. The van der Waals surface area contributed by atoms with Gasteiger partial charge in [-0.1, -0.05) is 0 Å². The second-order valence-corrected chi connectivity index (χ2v) is 4.32. The Kier molecular flexibility index (Phi) is 7.03. The molecule has 0 spiro atoms. The van der Waals surface area contributed by atoms with Crippen LogP contribution < -0.4 is 0 Å². The fraction of sp³-hybridized carbons (Fsp3) is 0.692. The Morgan fingerprint density at radius 3 is 2.75 bits per heavy atom. The van der Waals surface area contributed by atoms with E-state index >= 15 is 0 Å². The topological polar surface area (TPSA) is 91.3 Å². The lowest BCUT2D eigenvalue weighted by molar-refractivity contribution is -0.274. The van der Waals surface area contributed by atoms with Crippen LogP contribution in [0, 0.1) is 0 Å². The Morgan fingerprint density at radius 1 is 1.35 bits per heavy atom. The Bertz CT molecular complexity index is 375. The number of carbonyl (C=O) groups excluding carboxylic acids is 2. The van der Waals surface area contributed by atoms with Crippen molar-refractivity contribution in [2.24, 2.45) is 0 Å². The molecule has 0 bridgehead atoms. The molecule has 1 heterocycles. The van der Waals surface area contributed by atoms with Crippen molar-refractivity contribution in [3.05, 3.63) is 11.3 Å². The van der Waals surface area contributed by atoms with Gasteiger partial charge in [0, 0.05) is 12.8 Å². The number of unbranched alkanes of at least 4 members (excludes halogenated alkanes) is 1. The molecule has 0 fully saturated rings. The van der Waals surface area contributed by atoms with Crippen molar-refractivity contribution in [3.8, 4) is 0 Å². The van der Waals surface area contributed by atoms with E-state index in [0.717, 1.165) is 0 Å². The summed E-state index contributed by atoms with van der Waals surface area (Å²) in [5, 5.41) is 9.92. The quantitative estimate of drug-likeness (QED) is 0.297. The summed E-state index contributed by atoms with van der Waals surface area (Å²) in [5.41, 5.74) is 0.275. The zero-order valence-electron chi connectivity index (χ0n) is 11.7. The van der Waals surface area contributed by atoms with E-state index < -0.39 is 12.1 Å². The summed E-state index contributed by atoms with van der Waals surface area (Å²) in [7, 11) is 2.71. The van der Waals surface area contributed by atoms with Gasteiger partial charge in [0.05, 0.1) is 26.4 Å². The number of cyclic esters (lactones) is 1. The Hall–Kier alpha value is -1.60. The van der Waals surface area contributed by atoms with Gasteiger partial charge in [0.25, 0.3) is 0 Å². The van der Waals surface area contributed by atoms with Crippen LogP contribution in [0.1, 0.15) is 32.1 Å². The maximum atomic E-state index is 11.6. The molecule has 1 atom stereocenters. The van der Waals surface area contributed by atoms with Crippen LogP contribution >= 0.6 is 0 Å². The monoisotopic (exact) mass is 288 g/mol. The standard InChI is InChI=1S/C13H20O7/c1-17-11(14)6-4-3-5-9-12(15)10(20-13(9)16)7-8-19-18-2/h10,15H,3-8H2,1-2H3. The molecule has 1 rings (SSSR count). The molecular formula is C13H20O7. The fourth-order valence-electron chi connectivity index (χ4n) is 1.89. The highest BCUT2D eigenvalue weighted by atomic mass is 17.2.